The van der Waals surface area contributed by atoms with Gasteiger partial charge in [0.1, 0.15) is 12.1 Å². The molecule has 1 saturated heterocycles. The van der Waals surface area contributed by atoms with Crippen molar-refractivity contribution < 1.29 is 27.2 Å². The van der Waals surface area contributed by atoms with Crippen molar-refractivity contribution in [3.05, 3.63) is 34.0 Å². The number of furan rings is 1. The Morgan fingerprint density at radius 3 is 2.60 bits per heavy atom. The number of hydrogen-bond acceptors (Lipinski definition) is 3. The summed E-state index contributed by atoms with van der Waals surface area (Å²) in [6.45, 7) is 3.16. The summed E-state index contributed by atoms with van der Waals surface area (Å²) in [5.74, 6) is -1.13. The fourth-order valence-corrected chi connectivity index (χ4v) is 4.06. The van der Waals surface area contributed by atoms with Crippen LogP contribution in [0.4, 0.5) is 13.2 Å². The van der Waals surface area contributed by atoms with E-state index in [9.17, 15) is 22.8 Å². The normalized spacial score (nSPS) is 17.8. The van der Waals surface area contributed by atoms with Crippen molar-refractivity contribution in [1.29, 1.82) is 0 Å². The predicted octanol–water partition coefficient (Wildman–Crippen LogP) is 5.07. The van der Waals surface area contributed by atoms with E-state index in [-0.39, 0.29) is 41.1 Å². The number of carbonyl (C=O) groups is 2. The van der Waals surface area contributed by atoms with Gasteiger partial charge in [0.15, 0.2) is 0 Å². The molecular weight excluding hydrogens is 421 g/mol. The highest BCUT2D eigenvalue weighted by molar-refractivity contribution is 6.38. The zero-order valence-corrected chi connectivity index (χ0v) is 17.3. The van der Waals surface area contributed by atoms with E-state index in [0.717, 1.165) is 31.7 Å². The second kappa shape index (κ2) is 7.80. The van der Waals surface area contributed by atoms with Crippen molar-refractivity contribution in [2.75, 3.05) is 26.2 Å². The molecule has 0 bridgehead atoms. The molecule has 1 saturated carbocycles. The molecule has 1 aromatic heterocycles. The zero-order chi connectivity index (χ0) is 21.6. The molecule has 30 heavy (non-hydrogen) atoms. The van der Waals surface area contributed by atoms with E-state index in [1.165, 1.54) is 4.90 Å². The number of rotatable bonds is 5. The average Bonchev–Trinajstić information content (AvgIpc) is 3.49. The Hall–Kier alpha value is -2.22. The number of halogens is 4. The van der Waals surface area contributed by atoms with Crippen LogP contribution in [-0.4, -0.2) is 47.8 Å². The highest BCUT2D eigenvalue weighted by atomic mass is 35.5. The smallest absolute Gasteiger partial charge is 0.420 e. The van der Waals surface area contributed by atoms with Gasteiger partial charge in [-0.05, 0) is 42.9 Å². The van der Waals surface area contributed by atoms with Gasteiger partial charge in [0.05, 0.1) is 10.6 Å². The number of hydrogen-bond donors (Lipinski definition) is 0. The molecule has 0 radical (unpaired) electrons. The minimum absolute atomic E-state index is 0.0782. The Morgan fingerprint density at radius 2 is 2.00 bits per heavy atom. The molecule has 0 spiro atoms. The monoisotopic (exact) mass is 442 g/mol. The molecule has 2 fully saturated rings. The Balaban J connectivity index is 1.65. The van der Waals surface area contributed by atoms with Crippen LogP contribution in [0.15, 0.2) is 16.5 Å². The average molecular weight is 443 g/mol. The van der Waals surface area contributed by atoms with Gasteiger partial charge in [0.25, 0.3) is 5.91 Å². The molecule has 2 aliphatic rings. The van der Waals surface area contributed by atoms with Gasteiger partial charge in [-0.25, -0.2) is 0 Å². The first-order chi connectivity index (χ1) is 14.2. The lowest BCUT2D eigenvalue weighted by Crippen LogP contribution is -2.52. The van der Waals surface area contributed by atoms with Gasteiger partial charge in [0, 0.05) is 25.0 Å². The van der Waals surface area contributed by atoms with Crippen LogP contribution in [0.25, 0.3) is 11.0 Å². The Morgan fingerprint density at radius 1 is 1.27 bits per heavy atom. The van der Waals surface area contributed by atoms with Gasteiger partial charge in [-0.1, -0.05) is 24.9 Å². The molecule has 5 nitrogen and oxygen atoms in total. The van der Waals surface area contributed by atoms with Gasteiger partial charge in [0.2, 0.25) is 11.7 Å². The number of amides is 2. The van der Waals surface area contributed by atoms with Crippen molar-refractivity contribution in [2.24, 2.45) is 0 Å². The molecule has 2 heterocycles. The molecule has 162 valence electrons. The fourth-order valence-electron chi connectivity index (χ4n) is 3.80. The second-order valence-corrected chi connectivity index (χ2v) is 8.30. The maximum absolute atomic E-state index is 13.6. The van der Waals surface area contributed by atoms with Gasteiger partial charge in [-0.3, -0.25) is 9.59 Å². The number of nitrogens with zero attached hydrogens (tertiary/aromatic N) is 2. The van der Waals surface area contributed by atoms with Crippen LogP contribution in [-0.2, 0) is 11.0 Å². The standard InChI is InChI=1S/C21H22ClF3N2O3/c1-2-3-6-26-7-8-27(11-16(26)28)20(29)19-17(22)14-9-13(12-4-5-12)10-15(18(14)30-19)21(23,24)25/h9-10,12H,2-8,11H2,1H3. The summed E-state index contributed by atoms with van der Waals surface area (Å²) >= 11 is 6.32. The summed E-state index contributed by atoms with van der Waals surface area (Å²) in [5, 5.41) is -0.0477. The number of fused-ring (bicyclic) bond motifs is 1. The Labute approximate surface area is 176 Å². The van der Waals surface area contributed by atoms with Gasteiger partial charge < -0.3 is 14.2 Å². The molecule has 1 aliphatic heterocycles. The first kappa shape index (κ1) is 21.0. The lowest BCUT2D eigenvalue weighted by Gasteiger charge is -2.33. The SMILES string of the molecule is CCCCN1CCN(C(=O)c2oc3c(C(F)(F)F)cc(C4CC4)cc3c2Cl)CC1=O. The van der Waals surface area contributed by atoms with Crippen molar-refractivity contribution >= 4 is 34.4 Å². The van der Waals surface area contributed by atoms with Gasteiger partial charge >= 0.3 is 6.18 Å². The first-order valence-electron chi connectivity index (χ1n) is 10.1. The lowest BCUT2D eigenvalue weighted by molar-refractivity contribution is -0.137. The van der Waals surface area contributed by atoms with E-state index in [2.05, 4.69) is 0 Å². The summed E-state index contributed by atoms with van der Waals surface area (Å²) in [5.41, 5.74) is -0.812. The Kier molecular flexibility index (Phi) is 5.46. The van der Waals surface area contributed by atoms with Crippen LogP contribution in [0.3, 0.4) is 0 Å². The van der Waals surface area contributed by atoms with Gasteiger partial charge in [-0.2, -0.15) is 13.2 Å². The molecule has 0 N–H and O–H groups in total. The topological polar surface area (TPSA) is 53.8 Å². The molecular formula is C21H22ClF3N2O3. The van der Waals surface area contributed by atoms with E-state index in [1.807, 2.05) is 6.92 Å². The van der Waals surface area contributed by atoms with E-state index in [4.69, 9.17) is 16.0 Å². The summed E-state index contributed by atoms with van der Waals surface area (Å²) < 4.78 is 46.3. The van der Waals surface area contributed by atoms with Crippen LogP contribution in [0.1, 0.15) is 60.2 Å². The molecule has 2 amide bonds. The van der Waals surface area contributed by atoms with Crippen molar-refractivity contribution in [1.82, 2.24) is 9.80 Å². The van der Waals surface area contributed by atoms with E-state index >= 15 is 0 Å². The van der Waals surface area contributed by atoms with Crippen molar-refractivity contribution in [2.45, 2.75) is 44.7 Å². The minimum Gasteiger partial charge on any atom is -0.449 e. The largest absolute Gasteiger partial charge is 0.449 e. The highest BCUT2D eigenvalue weighted by Crippen LogP contribution is 2.46. The number of piperazine rings is 1. The third kappa shape index (κ3) is 3.89. The van der Waals surface area contributed by atoms with Crippen molar-refractivity contribution in [3.8, 4) is 0 Å². The van der Waals surface area contributed by atoms with Crippen LogP contribution >= 0.6 is 11.6 Å². The van der Waals surface area contributed by atoms with Crippen LogP contribution in [0.5, 0.6) is 0 Å². The quantitative estimate of drug-likeness (QED) is 0.649. The lowest BCUT2D eigenvalue weighted by atomic mass is 10.0. The molecule has 0 atom stereocenters. The fraction of sp³-hybridized carbons (Fsp3) is 0.524. The predicted molar refractivity (Wildman–Crippen MR) is 106 cm³/mol. The van der Waals surface area contributed by atoms with E-state index < -0.39 is 23.2 Å². The summed E-state index contributed by atoms with van der Waals surface area (Å²) in [6, 6.07) is 2.67. The summed E-state index contributed by atoms with van der Waals surface area (Å²) in [4.78, 5) is 28.3. The third-order valence-electron chi connectivity index (χ3n) is 5.69. The number of carbonyl (C=O) groups excluding carboxylic acids is 2. The molecule has 1 aliphatic carbocycles. The molecule has 9 heteroatoms. The molecule has 2 aromatic rings. The minimum atomic E-state index is -4.63. The van der Waals surface area contributed by atoms with Gasteiger partial charge in [-0.15, -0.1) is 0 Å². The molecule has 0 unspecified atom stereocenters. The third-order valence-corrected chi connectivity index (χ3v) is 6.06. The number of unbranched alkanes of at least 4 members (excludes halogenated alkanes) is 1. The Bertz CT molecular complexity index is 998. The maximum Gasteiger partial charge on any atom is 0.420 e. The maximum atomic E-state index is 13.6. The van der Waals surface area contributed by atoms with E-state index in [0.29, 0.717) is 18.7 Å². The summed E-state index contributed by atoms with van der Waals surface area (Å²) in [7, 11) is 0. The van der Waals surface area contributed by atoms with Crippen LogP contribution in [0.2, 0.25) is 5.02 Å². The zero-order valence-electron chi connectivity index (χ0n) is 16.5. The first-order valence-corrected chi connectivity index (χ1v) is 10.5. The summed E-state index contributed by atoms with van der Waals surface area (Å²) in [6.07, 6.45) is -1.15. The molecule has 4 rings (SSSR count). The highest BCUT2D eigenvalue weighted by Gasteiger charge is 2.39. The van der Waals surface area contributed by atoms with Crippen molar-refractivity contribution in [3.63, 3.8) is 0 Å². The number of alkyl halides is 3. The number of benzene rings is 1. The van der Waals surface area contributed by atoms with E-state index in [1.54, 1.807) is 11.0 Å². The molecule has 1 aromatic carbocycles. The second-order valence-electron chi connectivity index (χ2n) is 7.92. The van der Waals surface area contributed by atoms with Crippen LogP contribution in [0, 0.1) is 0 Å². The van der Waals surface area contributed by atoms with Crippen LogP contribution < -0.4 is 0 Å².